The Labute approximate surface area is 200 Å². The summed E-state index contributed by atoms with van der Waals surface area (Å²) in [5.74, 6) is 0.399. The Balaban J connectivity index is 1.43. The predicted octanol–water partition coefficient (Wildman–Crippen LogP) is 4.28. The van der Waals surface area contributed by atoms with Crippen molar-refractivity contribution in [1.29, 1.82) is 0 Å². The van der Waals surface area contributed by atoms with E-state index >= 15 is 0 Å². The van der Waals surface area contributed by atoms with Crippen molar-refractivity contribution in [3.63, 3.8) is 0 Å². The van der Waals surface area contributed by atoms with E-state index in [2.05, 4.69) is 26.6 Å². The second-order valence-corrected chi connectivity index (χ2v) is 8.00. The summed E-state index contributed by atoms with van der Waals surface area (Å²) in [5, 5.41) is 10.3. The van der Waals surface area contributed by atoms with Crippen molar-refractivity contribution in [2.24, 2.45) is 0 Å². The van der Waals surface area contributed by atoms with Gasteiger partial charge in [-0.15, -0.1) is 0 Å². The average Bonchev–Trinajstić information content (AvgIpc) is 3.28. The van der Waals surface area contributed by atoms with E-state index in [1.165, 1.54) is 10.9 Å². The summed E-state index contributed by atoms with van der Waals surface area (Å²) >= 11 is 5.22. The molecule has 0 bridgehead atoms. The highest BCUT2D eigenvalue weighted by molar-refractivity contribution is 7.80. The van der Waals surface area contributed by atoms with Gasteiger partial charge in [0.25, 0.3) is 12.3 Å². The Morgan fingerprint density at radius 3 is 2.62 bits per heavy atom. The maximum absolute atomic E-state index is 13.8. The van der Waals surface area contributed by atoms with Gasteiger partial charge in [-0.25, -0.2) is 13.5 Å². The third-order valence-electron chi connectivity index (χ3n) is 5.35. The predicted molar refractivity (Wildman–Crippen MR) is 129 cm³/mol. The molecule has 0 saturated heterocycles. The molecule has 1 amide bonds. The number of ether oxygens (including phenoxy) is 1. The standard InChI is InChI=1S/C23H24F2N6O2S/c1-2-33-16-10-8-15(9-11-16)27-23(34)30-29-22(32)17-13-26-31-19(20(24)25)12-18(28-21(17)31)14-6-4-3-5-7-14/h3-11,13,18-20,28H,2,12H2,1H3,(H,29,32)(H2,27,30,34)/t18-,19+/m0/s1. The monoisotopic (exact) mass is 486 g/mol. The minimum Gasteiger partial charge on any atom is -0.494 e. The smallest absolute Gasteiger partial charge is 0.275 e. The van der Waals surface area contributed by atoms with E-state index in [-0.39, 0.29) is 29.0 Å². The first-order valence-electron chi connectivity index (χ1n) is 10.7. The number of carbonyl (C=O) groups is 1. The van der Waals surface area contributed by atoms with Crippen LogP contribution in [0.25, 0.3) is 0 Å². The lowest BCUT2D eigenvalue weighted by atomic mass is 9.97. The van der Waals surface area contributed by atoms with Crippen LogP contribution in [0.4, 0.5) is 20.3 Å². The summed E-state index contributed by atoms with van der Waals surface area (Å²) in [6.07, 6.45) is -1.22. The van der Waals surface area contributed by atoms with E-state index in [1.807, 2.05) is 37.3 Å². The highest BCUT2D eigenvalue weighted by atomic mass is 32.1. The number of benzene rings is 2. The molecule has 2 aromatic carbocycles. The molecule has 1 aliphatic heterocycles. The fraction of sp³-hybridized carbons (Fsp3) is 0.261. The first kappa shape index (κ1) is 23.4. The van der Waals surface area contributed by atoms with Crippen molar-refractivity contribution in [2.75, 3.05) is 17.2 Å². The highest BCUT2D eigenvalue weighted by Gasteiger charge is 2.36. The number of alkyl halides is 2. The van der Waals surface area contributed by atoms with E-state index in [0.29, 0.717) is 12.3 Å². The molecule has 1 aliphatic rings. The van der Waals surface area contributed by atoms with Gasteiger partial charge in [0, 0.05) is 5.69 Å². The number of halogens is 2. The van der Waals surface area contributed by atoms with Crippen molar-refractivity contribution in [3.05, 3.63) is 71.9 Å². The fourth-order valence-electron chi connectivity index (χ4n) is 3.75. The van der Waals surface area contributed by atoms with Crippen molar-refractivity contribution >= 4 is 34.7 Å². The van der Waals surface area contributed by atoms with Crippen LogP contribution in [-0.4, -0.2) is 33.8 Å². The number of fused-ring (bicyclic) bond motifs is 1. The van der Waals surface area contributed by atoms with Crippen LogP contribution in [0.5, 0.6) is 5.75 Å². The third-order valence-corrected chi connectivity index (χ3v) is 5.55. The van der Waals surface area contributed by atoms with Crippen molar-refractivity contribution in [2.45, 2.75) is 31.9 Å². The molecule has 0 saturated carbocycles. The Morgan fingerprint density at radius 1 is 1.21 bits per heavy atom. The van der Waals surface area contributed by atoms with Gasteiger partial charge in [0.05, 0.1) is 18.8 Å². The van der Waals surface area contributed by atoms with Gasteiger partial charge in [0.2, 0.25) is 0 Å². The maximum Gasteiger partial charge on any atom is 0.275 e. The lowest BCUT2D eigenvalue weighted by Crippen LogP contribution is -2.44. The maximum atomic E-state index is 13.8. The van der Waals surface area contributed by atoms with Crippen LogP contribution in [0, 0.1) is 0 Å². The fourth-order valence-corrected chi connectivity index (χ4v) is 3.92. The number of hydrogen-bond donors (Lipinski definition) is 4. The molecule has 0 aliphatic carbocycles. The number of nitrogens with zero attached hydrogens (tertiary/aromatic N) is 2. The average molecular weight is 487 g/mol. The highest BCUT2D eigenvalue weighted by Crippen LogP contribution is 2.39. The molecule has 8 nitrogen and oxygen atoms in total. The molecule has 4 rings (SSSR count). The molecule has 4 N–H and O–H groups in total. The van der Waals surface area contributed by atoms with Crippen molar-refractivity contribution in [1.82, 2.24) is 20.6 Å². The zero-order valence-corrected chi connectivity index (χ0v) is 19.1. The van der Waals surface area contributed by atoms with Crippen LogP contribution < -0.4 is 26.2 Å². The Morgan fingerprint density at radius 2 is 1.94 bits per heavy atom. The lowest BCUT2D eigenvalue weighted by molar-refractivity contribution is 0.0656. The summed E-state index contributed by atoms with van der Waals surface area (Å²) in [6, 6.07) is 14.9. The van der Waals surface area contributed by atoms with E-state index in [4.69, 9.17) is 17.0 Å². The molecule has 3 aromatic rings. The van der Waals surface area contributed by atoms with Crippen LogP contribution in [0.2, 0.25) is 0 Å². The first-order chi connectivity index (χ1) is 16.5. The molecule has 2 heterocycles. The van der Waals surface area contributed by atoms with Crippen LogP contribution in [0.3, 0.4) is 0 Å². The van der Waals surface area contributed by atoms with Crippen LogP contribution in [0.1, 0.15) is 41.3 Å². The van der Waals surface area contributed by atoms with Gasteiger partial charge in [0.15, 0.2) is 5.11 Å². The minimum absolute atomic E-state index is 0.127. The van der Waals surface area contributed by atoms with Crippen LogP contribution >= 0.6 is 12.2 Å². The molecule has 0 fully saturated rings. The molecule has 178 valence electrons. The van der Waals surface area contributed by atoms with Gasteiger partial charge >= 0.3 is 0 Å². The zero-order valence-electron chi connectivity index (χ0n) is 18.3. The van der Waals surface area contributed by atoms with Gasteiger partial charge in [-0.1, -0.05) is 30.3 Å². The summed E-state index contributed by atoms with van der Waals surface area (Å²) in [4.78, 5) is 12.8. The summed E-state index contributed by atoms with van der Waals surface area (Å²) in [6.45, 7) is 2.47. The summed E-state index contributed by atoms with van der Waals surface area (Å²) in [7, 11) is 0. The second-order valence-electron chi connectivity index (χ2n) is 7.59. The number of hydrogen-bond acceptors (Lipinski definition) is 5. The number of anilines is 2. The summed E-state index contributed by atoms with van der Waals surface area (Å²) < 4.78 is 34.2. The van der Waals surface area contributed by atoms with E-state index in [1.54, 1.807) is 24.3 Å². The topological polar surface area (TPSA) is 92.2 Å². The SMILES string of the molecule is CCOc1ccc(NC(=S)NNC(=O)c2cnn3c2N[C@H](c2ccccc2)C[C@@H]3C(F)F)cc1. The van der Waals surface area contributed by atoms with Gasteiger partial charge in [0.1, 0.15) is 23.2 Å². The molecule has 0 spiro atoms. The normalized spacial score (nSPS) is 16.8. The first-order valence-corrected chi connectivity index (χ1v) is 11.1. The number of rotatable bonds is 6. The number of aromatic nitrogens is 2. The summed E-state index contributed by atoms with van der Waals surface area (Å²) in [5.41, 5.74) is 6.79. The zero-order chi connectivity index (χ0) is 24.1. The van der Waals surface area contributed by atoms with Crippen molar-refractivity contribution < 1.29 is 18.3 Å². The van der Waals surface area contributed by atoms with Crippen molar-refractivity contribution in [3.8, 4) is 5.75 Å². The van der Waals surface area contributed by atoms with Crippen LogP contribution in [0.15, 0.2) is 60.8 Å². The Hall–Kier alpha value is -3.73. The molecule has 1 aromatic heterocycles. The quantitative estimate of drug-likeness (QED) is 0.305. The molecule has 0 unspecified atom stereocenters. The second kappa shape index (κ2) is 10.5. The van der Waals surface area contributed by atoms with E-state index < -0.39 is 18.4 Å². The molecule has 0 radical (unpaired) electrons. The number of hydrazine groups is 1. The number of amides is 1. The number of carbonyl (C=O) groups excluding carboxylic acids is 1. The minimum atomic E-state index is -2.63. The molecule has 11 heteroatoms. The van der Waals surface area contributed by atoms with Gasteiger partial charge < -0.3 is 15.4 Å². The van der Waals surface area contributed by atoms with Gasteiger partial charge in [-0.2, -0.15) is 5.10 Å². The third kappa shape index (κ3) is 5.25. The largest absolute Gasteiger partial charge is 0.494 e. The van der Waals surface area contributed by atoms with Gasteiger partial charge in [-0.05, 0) is 55.4 Å². The molecular weight excluding hydrogens is 462 g/mol. The number of thiocarbonyl (C=S) groups is 1. The molecular formula is C23H24F2N6O2S. The van der Waals surface area contributed by atoms with E-state index in [9.17, 15) is 13.6 Å². The number of nitrogens with one attached hydrogen (secondary N) is 4. The lowest BCUT2D eigenvalue weighted by Gasteiger charge is -2.32. The van der Waals surface area contributed by atoms with Gasteiger partial charge in [-0.3, -0.25) is 15.6 Å². The van der Waals surface area contributed by atoms with E-state index in [0.717, 1.165) is 11.3 Å². The van der Waals surface area contributed by atoms with Crippen LogP contribution in [-0.2, 0) is 0 Å². The molecule has 2 atom stereocenters. The Kier molecular flexibility index (Phi) is 7.21. The molecule has 34 heavy (non-hydrogen) atoms. The Bertz CT molecular complexity index is 1140.